The molecule has 2 fully saturated rings. The Morgan fingerprint density at radius 3 is 2.62 bits per heavy atom. The molecule has 0 bridgehead atoms. The normalized spacial score (nSPS) is 21.7. The summed E-state index contributed by atoms with van der Waals surface area (Å²) >= 11 is 0. The molecule has 3 heterocycles. The molecule has 1 amide bonds. The third-order valence-electron chi connectivity index (χ3n) is 8.89. The molecule has 1 aromatic heterocycles. The zero-order valence-corrected chi connectivity index (χ0v) is 21.1. The van der Waals surface area contributed by atoms with E-state index in [1.54, 1.807) is 7.11 Å². The first-order valence-electron chi connectivity index (χ1n) is 13.2. The predicted molar refractivity (Wildman–Crippen MR) is 136 cm³/mol. The third kappa shape index (κ3) is 4.10. The molecule has 6 nitrogen and oxygen atoms in total. The molecule has 6 rings (SSSR count). The van der Waals surface area contributed by atoms with Crippen molar-refractivity contribution < 1.29 is 23.4 Å². The number of carbonyl (C=O) groups is 1. The first-order chi connectivity index (χ1) is 17.9. The summed E-state index contributed by atoms with van der Waals surface area (Å²) in [5.74, 6) is 0.237. The Kier molecular flexibility index (Phi) is 6.19. The van der Waals surface area contributed by atoms with Crippen LogP contribution in [0.2, 0.25) is 0 Å². The van der Waals surface area contributed by atoms with Gasteiger partial charge in [-0.25, -0.2) is 8.78 Å². The van der Waals surface area contributed by atoms with E-state index in [1.807, 2.05) is 17.0 Å². The van der Waals surface area contributed by atoms with Crippen LogP contribution in [0, 0.1) is 17.6 Å². The molecule has 1 saturated carbocycles. The summed E-state index contributed by atoms with van der Waals surface area (Å²) in [4.78, 5) is 20.6. The highest BCUT2D eigenvalue weighted by Gasteiger charge is 2.48. The molecule has 8 heteroatoms. The number of aliphatic hydroxyl groups excluding tert-OH is 1. The number of aromatic nitrogens is 1. The van der Waals surface area contributed by atoms with Gasteiger partial charge >= 0.3 is 0 Å². The van der Waals surface area contributed by atoms with Gasteiger partial charge in [0, 0.05) is 65.7 Å². The van der Waals surface area contributed by atoms with Crippen LogP contribution in [0.1, 0.15) is 55.0 Å². The molecule has 0 radical (unpaired) electrons. The van der Waals surface area contributed by atoms with Gasteiger partial charge in [-0.05, 0) is 61.6 Å². The number of carbonyl (C=O) groups excluding carboxylic acids is 1. The molecule has 1 aliphatic carbocycles. The summed E-state index contributed by atoms with van der Waals surface area (Å²) in [6, 6.07) is 9.09. The van der Waals surface area contributed by atoms with Gasteiger partial charge in [0.05, 0.1) is 19.8 Å². The summed E-state index contributed by atoms with van der Waals surface area (Å²) in [7, 11) is 1.63. The second kappa shape index (κ2) is 9.40. The van der Waals surface area contributed by atoms with E-state index >= 15 is 0 Å². The van der Waals surface area contributed by atoms with Gasteiger partial charge < -0.3 is 19.7 Å². The molecule has 0 unspecified atom stereocenters. The first kappa shape index (κ1) is 24.4. The lowest BCUT2D eigenvalue weighted by molar-refractivity contribution is -0.140. The smallest absolute Gasteiger partial charge is 0.225 e. The van der Waals surface area contributed by atoms with Crippen molar-refractivity contribution >= 4 is 16.8 Å². The Labute approximate surface area is 215 Å². The van der Waals surface area contributed by atoms with Crippen molar-refractivity contribution in [3.63, 3.8) is 0 Å². The summed E-state index contributed by atoms with van der Waals surface area (Å²) < 4.78 is 34.1. The van der Waals surface area contributed by atoms with Crippen molar-refractivity contribution in [2.45, 2.75) is 50.1 Å². The average Bonchev–Trinajstić information content (AvgIpc) is 3.25. The van der Waals surface area contributed by atoms with Crippen LogP contribution in [0.3, 0.4) is 0 Å². The van der Waals surface area contributed by atoms with Crippen LogP contribution in [-0.4, -0.2) is 59.1 Å². The number of fused-ring (bicyclic) bond motifs is 4. The Balaban J connectivity index is 1.40. The van der Waals surface area contributed by atoms with E-state index in [4.69, 9.17) is 4.74 Å². The van der Waals surface area contributed by atoms with Gasteiger partial charge in [0.15, 0.2) is 0 Å². The topological polar surface area (TPSA) is 68.8 Å². The number of halogens is 2. The number of aliphatic hydroxyl groups is 1. The maximum absolute atomic E-state index is 14.7. The van der Waals surface area contributed by atoms with Gasteiger partial charge in [0.25, 0.3) is 0 Å². The number of benzene rings is 2. The van der Waals surface area contributed by atoms with Crippen LogP contribution in [-0.2, 0) is 16.8 Å². The molecule has 3 aliphatic rings. The van der Waals surface area contributed by atoms with Gasteiger partial charge in [-0.15, -0.1) is 0 Å². The van der Waals surface area contributed by atoms with Crippen LogP contribution >= 0.6 is 0 Å². The van der Waals surface area contributed by atoms with E-state index < -0.39 is 17.7 Å². The van der Waals surface area contributed by atoms with Gasteiger partial charge in [0.2, 0.25) is 5.91 Å². The van der Waals surface area contributed by atoms with E-state index in [2.05, 4.69) is 16.0 Å². The number of nitrogens with zero attached hydrogens (tertiary/aromatic N) is 2. The van der Waals surface area contributed by atoms with Crippen molar-refractivity contribution in [3.05, 3.63) is 64.9 Å². The van der Waals surface area contributed by atoms with E-state index in [1.165, 1.54) is 11.6 Å². The number of ether oxygens (including phenoxy) is 1. The zero-order valence-electron chi connectivity index (χ0n) is 21.1. The Hall–Kier alpha value is -2.97. The summed E-state index contributed by atoms with van der Waals surface area (Å²) in [6.45, 7) is 1.95. The highest BCUT2D eigenvalue weighted by atomic mass is 19.1. The number of likely N-dealkylation sites (tertiary alicyclic amines) is 1. The molecule has 2 N–H and O–H groups in total. The molecular formula is C29H33F2N3O3. The largest absolute Gasteiger partial charge is 0.497 e. The van der Waals surface area contributed by atoms with Crippen LogP contribution in [0.4, 0.5) is 8.78 Å². The summed E-state index contributed by atoms with van der Waals surface area (Å²) in [5.41, 5.74) is 3.00. The van der Waals surface area contributed by atoms with Crippen molar-refractivity contribution in [2.75, 3.05) is 33.4 Å². The third-order valence-corrected chi connectivity index (χ3v) is 8.89. The van der Waals surface area contributed by atoms with Crippen molar-refractivity contribution in [1.82, 2.24) is 14.8 Å². The quantitative estimate of drug-likeness (QED) is 0.525. The van der Waals surface area contributed by atoms with Gasteiger partial charge in [0.1, 0.15) is 17.4 Å². The van der Waals surface area contributed by atoms with Gasteiger partial charge in [-0.1, -0.05) is 6.42 Å². The number of hydrogen-bond acceptors (Lipinski definition) is 4. The fraction of sp³-hybridized carbons (Fsp3) is 0.483. The highest BCUT2D eigenvalue weighted by molar-refractivity contribution is 5.88. The number of H-pyrrole nitrogens is 1. The number of rotatable bonds is 5. The maximum atomic E-state index is 14.7. The van der Waals surface area contributed by atoms with E-state index in [-0.39, 0.29) is 36.0 Å². The first-order valence-corrected chi connectivity index (χ1v) is 13.2. The SMILES string of the molecule is COc1ccc2c3c([nH]c2c1)[C@@H](CO)N(Cc1cc(F)ccc1F)CC31CCN(C(=O)C2CCC2)CC1. The minimum absolute atomic E-state index is 0.156. The molecule has 1 atom stereocenters. The molecule has 196 valence electrons. The zero-order chi connectivity index (χ0) is 25.7. The Bertz CT molecular complexity index is 1330. The van der Waals surface area contributed by atoms with Crippen LogP contribution in [0.5, 0.6) is 5.75 Å². The summed E-state index contributed by atoms with van der Waals surface area (Å²) in [5, 5.41) is 11.6. The number of amides is 1. The number of hydrogen-bond donors (Lipinski definition) is 2. The second-order valence-corrected chi connectivity index (χ2v) is 10.9. The van der Waals surface area contributed by atoms with Crippen molar-refractivity contribution in [2.24, 2.45) is 5.92 Å². The van der Waals surface area contributed by atoms with Gasteiger partial charge in [-0.2, -0.15) is 0 Å². The lowest BCUT2D eigenvalue weighted by atomic mass is 9.68. The highest BCUT2D eigenvalue weighted by Crippen LogP contribution is 2.49. The average molecular weight is 510 g/mol. The van der Waals surface area contributed by atoms with Crippen LogP contribution in [0.15, 0.2) is 36.4 Å². The number of aromatic amines is 1. The Morgan fingerprint density at radius 2 is 1.95 bits per heavy atom. The van der Waals surface area contributed by atoms with E-state index in [9.17, 15) is 18.7 Å². The minimum atomic E-state index is -0.482. The molecule has 3 aromatic rings. The molecule has 2 aliphatic heterocycles. The standard InChI is InChI=1S/C29H33F2N3O3/c1-37-21-6-7-22-24(14-21)32-27-25(16-35)34(15-19-13-20(30)5-8-23(19)31)17-29(26(22)27)9-11-33(12-10-29)28(36)18-3-2-4-18/h5-8,13-14,18,25,32,35H,2-4,9-12,15-17H2,1H3/t25-/m1/s1. The molecule has 1 saturated heterocycles. The fourth-order valence-corrected chi connectivity index (χ4v) is 6.64. The summed E-state index contributed by atoms with van der Waals surface area (Å²) in [6.07, 6.45) is 4.65. The van der Waals surface area contributed by atoms with Crippen molar-refractivity contribution in [1.29, 1.82) is 0 Å². The molecule has 2 aromatic carbocycles. The molecule has 37 heavy (non-hydrogen) atoms. The molecular weight excluding hydrogens is 476 g/mol. The lowest BCUT2D eigenvalue weighted by Crippen LogP contribution is -2.55. The predicted octanol–water partition coefficient (Wildman–Crippen LogP) is 4.66. The molecule has 1 spiro atoms. The van der Waals surface area contributed by atoms with Crippen molar-refractivity contribution in [3.8, 4) is 5.75 Å². The lowest BCUT2D eigenvalue weighted by Gasteiger charge is -2.50. The number of piperidine rings is 1. The minimum Gasteiger partial charge on any atom is -0.497 e. The van der Waals surface area contributed by atoms with E-state index in [0.29, 0.717) is 19.6 Å². The van der Waals surface area contributed by atoms with Crippen LogP contribution in [0.25, 0.3) is 10.9 Å². The fourth-order valence-electron chi connectivity index (χ4n) is 6.64. The van der Waals surface area contributed by atoms with E-state index in [0.717, 1.165) is 66.6 Å². The monoisotopic (exact) mass is 509 g/mol. The number of nitrogens with one attached hydrogen (secondary N) is 1. The maximum Gasteiger partial charge on any atom is 0.225 e. The van der Waals surface area contributed by atoms with Crippen LogP contribution < -0.4 is 4.74 Å². The van der Waals surface area contributed by atoms with Gasteiger partial charge in [-0.3, -0.25) is 9.69 Å². The second-order valence-electron chi connectivity index (χ2n) is 10.9. The Morgan fingerprint density at radius 1 is 1.16 bits per heavy atom. The number of methoxy groups -OCH3 is 1.